The van der Waals surface area contributed by atoms with Crippen molar-refractivity contribution >= 4 is 39.1 Å². The molecule has 2 rings (SSSR count). The lowest BCUT2D eigenvalue weighted by atomic mass is 10.3. The van der Waals surface area contributed by atoms with Crippen molar-refractivity contribution in [1.82, 2.24) is 9.55 Å². The summed E-state index contributed by atoms with van der Waals surface area (Å²) in [4.78, 5) is 27.3. The van der Waals surface area contributed by atoms with Crippen LogP contribution in [0, 0.1) is 0 Å². The summed E-state index contributed by atoms with van der Waals surface area (Å²) in [7, 11) is 0. The molecule has 1 aromatic carbocycles. The van der Waals surface area contributed by atoms with E-state index in [1.165, 1.54) is 17.1 Å². The smallest absolute Gasteiger partial charge is 0.268 e. The Hall–Kier alpha value is -1.66. The quantitative estimate of drug-likeness (QED) is 0.931. The van der Waals surface area contributed by atoms with Crippen LogP contribution in [0.1, 0.15) is 0 Å². The van der Waals surface area contributed by atoms with Gasteiger partial charge in [0.1, 0.15) is 11.0 Å². The Bertz CT molecular complexity index is 655. The van der Waals surface area contributed by atoms with Crippen LogP contribution in [0.5, 0.6) is 0 Å². The Morgan fingerprint density at radius 2 is 2.05 bits per heavy atom. The van der Waals surface area contributed by atoms with E-state index in [4.69, 9.17) is 11.6 Å². The maximum Gasteiger partial charge on any atom is 0.268 e. The lowest BCUT2D eigenvalue weighted by molar-refractivity contribution is -0.116. The molecule has 0 unspecified atom stereocenters. The van der Waals surface area contributed by atoms with Gasteiger partial charge in [-0.3, -0.25) is 14.2 Å². The molecule has 7 heteroatoms. The number of hydrogen-bond acceptors (Lipinski definition) is 3. The van der Waals surface area contributed by atoms with Crippen molar-refractivity contribution in [2.45, 2.75) is 6.54 Å². The first-order valence-corrected chi connectivity index (χ1v) is 6.49. The van der Waals surface area contributed by atoms with Gasteiger partial charge in [0.05, 0.1) is 6.33 Å². The second kappa shape index (κ2) is 5.99. The van der Waals surface area contributed by atoms with Crippen molar-refractivity contribution < 1.29 is 4.79 Å². The van der Waals surface area contributed by atoms with E-state index in [9.17, 15) is 9.59 Å². The van der Waals surface area contributed by atoms with Crippen LogP contribution in [0.2, 0.25) is 5.02 Å². The Morgan fingerprint density at radius 3 is 2.74 bits per heavy atom. The molecular weight excluding hydrogens is 334 g/mol. The monoisotopic (exact) mass is 341 g/mol. The van der Waals surface area contributed by atoms with Gasteiger partial charge in [-0.25, -0.2) is 4.98 Å². The number of amides is 1. The molecule has 1 heterocycles. The van der Waals surface area contributed by atoms with Gasteiger partial charge < -0.3 is 5.32 Å². The minimum atomic E-state index is -0.315. The summed E-state index contributed by atoms with van der Waals surface area (Å²) in [6.07, 6.45) is 2.70. The summed E-state index contributed by atoms with van der Waals surface area (Å²) in [6.45, 7) is -0.103. The van der Waals surface area contributed by atoms with Crippen LogP contribution in [-0.4, -0.2) is 15.5 Å². The number of nitrogens with zero attached hydrogens (tertiary/aromatic N) is 2. The van der Waals surface area contributed by atoms with E-state index in [0.29, 0.717) is 15.2 Å². The van der Waals surface area contributed by atoms with Crippen LogP contribution in [0.4, 0.5) is 5.69 Å². The van der Waals surface area contributed by atoms with Crippen molar-refractivity contribution in [3.05, 3.63) is 56.6 Å². The minimum absolute atomic E-state index is 0.103. The normalized spacial score (nSPS) is 10.2. The van der Waals surface area contributed by atoms with Gasteiger partial charge in [-0.05, 0) is 40.2 Å². The molecule has 2 aromatic rings. The van der Waals surface area contributed by atoms with Crippen LogP contribution in [-0.2, 0) is 11.3 Å². The number of benzene rings is 1. The van der Waals surface area contributed by atoms with Gasteiger partial charge in [0.25, 0.3) is 5.56 Å². The molecule has 5 nitrogen and oxygen atoms in total. The second-order valence-electron chi connectivity index (χ2n) is 3.73. The zero-order valence-corrected chi connectivity index (χ0v) is 12.0. The fraction of sp³-hybridized carbons (Fsp3) is 0.0833. The lowest BCUT2D eigenvalue weighted by Crippen LogP contribution is -2.28. The fourth-order valence-electron chi connectivity index (χ4n) is 1.43. The molecule has 1 amide bonds. The Labute approximate surface area is 122 Å². The molecule has 1 N–H and O–H groups in total. The van der Waals surface area contributed by atoms with E-state index in [-0.39, 0.29) is 18.0 Å². The standard InChI is InChI=1S/C12H9BrClN3O2/c13-10-5-15-7-17(12(10)19)6-11(18)16-9-3-1-8(14)2-4-9/h1-5,7H,6H2,(H,16,18). The highest BCUT2D eigenvalue weighted by Gasteiger charge is 2.07. The Kier molecular flexibility index (Phi) is 4.34. The highest BCUT2D eigenvalue weighted by molar-refractivity contribution is 9.10. The summed E-state index contributed by atoms with van der Waals surface area (Å²) >= 11 is 8.81. The van der Waals surface area contributed by atoms with Crippen LogP contribution in [0.15, 0.2) is 46.1 Å². The molecular formula is C12H9BrClN3O2. The van der Waals surface area contributed by atoms with E-state index in [0.717, 1.165) is 0 Å². The number of aromatic nitrogens is 2. The molecule has 1 aromatic heterocycles. The largest absolute Gasteiger partial charge is 0.325 e. The Balaban J connectivity index is 2.07. The zero-order valence-electron chi connectivity index (χ0n) is 9.64. The highest BCUT2D eigenvalue weighted by atomic mass is 79.9. The van der Waals surface area contributed by atoms with Gasteiger partial charge in [-0.2, -0.15) is 0 Å². The van der Waals surface area contributed by atoms with Gasteiger partial charge in [-0.15, -0.1) is 0 Å². The maximum atomic E-state index is 11.8. The lowest BCUT2D eigenvalue weighted by Gasteiger charge is -2.07. The average molecular weight is 343 g/mol. The van der Waals surface area contributed by atoms with E-state index >= 15 is 0 Å². The Morgan fingerprint density at radius 1 is 1.37 bits per heavy atom. The molecule has 0 bridgehead atoms. The molecule has 0 atom stereocenters. The van der Waals surface area contributed by atoms with Crippen LogP contribution >= 0.6 is 27.5 Å². The third-order valence-corrected chi connectivity index (χ3v) is 3.10. The number of nitrogens with one attached hydrogen (secondary N) is 1. The molecule has 0 saturated carbocycles. The van der Waals surface area contributed by atoms with Gasteiger partial charge in [0.2, 0.25) is 5.91 Å². The predicted molar refractivity (Wildman–Crippen MR) is 76.3 cm³/mol. The fourth-order valence-corrected chi connectivity index (χ4v) is 1.90. The number of rotatable bonds is 3. The SMILES string of the molecule is O=C(Cn1cncc(Br)c1=O)Nc1ccc(Cl)cc1. The zero-order chi connectivity index (χ0) is 13.8. The van der Waals surface area contributed by atoms with Crippen LogP contribution < -0.4 is 10.9 Å². The van der Waals surface area contributed by atoms with E-state index in [1.54, 1.807) is 24.3 Å². The molecule has 0 aliphatic carbocycles. The molecule has 98 valence electrons. The minimum Gasteiger partial charge on any atom is -0.325 e. The molecule has 0 aliphatic rings. The number of hydrogen-bond donors (Lipinski definition) is 1. The van der Waals surface area contributed by atoms with E-state index in [2.05, 4.69) is 26.2 Å². The molecule has 0 radical (unpaired) electrons. The van der Waals surface area contributed by atoms with Crippen LogP contribution in [0.3, 0.4) is 0 Å². The number of halogens is 2. The van der Waals surface area contributed by atoms with Gasteiger partial charge in [-0.1, -0.05) is 11.6 Å². The van der Waals surface area contributed by atoms with E-state index < -0.39 is 0 Å². The number of anilines is 1. The van der Waals surface area contributed by atoms with Crippen molar-refractivity contribution in [3.8, 4) is 0 Å². The summed E-state index contributed by atoms with van der Waals surface area (Å²) in [6, 6.07) is 6.71. The predicted octanol–water partition coefficient (Wildman–Crippen LogP) is 2.30. The first kappa shape index (κ1) is 13.8. The van der Waals surface area contributed by atoms with Gasteiger partial charge in [0, 0.05) is 16.9 Å². The number of carbonyl (C=O) groups is 1. The molecule has 0 aliphatic heterocycles. The van der Waals surface area contributed by atoms with E-state index in [1.807, 2.05) is 0 Å². The summed E-state index contributed by atoms with van der Waals surface area (Å²) in [5.74, 6) is -0.315. The molecule has 19 heavy (non-hydrogen) atoms. The first-order chi connectivity index (χ1) is 9.06. The van der Waals surface area contributed by atoms with Crippen molar-refractivity contribution in [3.63, 3.8) is 0 Å². The van der Waals surface area contributed by atoms with Crippen molar-refractivity contribution in [1.29, 1.82) is 0 Å². The third kappa shape index (κ3) is 3.65. The molecule has 0 fully saturated rings. The molecule has 0 saturated heterocycles. The van der Waals surface area contributed by atoms with Gasteiger partial charge >= 0.3 is 0 Å². The summed E-state index contributed by atoms with van der Waals surface area (Å²) < 4.78 is 1.53. The van der Waals surface area contributed by atoms with Crippen LogP contribution in [0.25, 0.3) is 0 Å². The maximum absolute atomic E-state index is 11.8. The van der Waals surface area contributed by atoms with Crippen molar-refractivity contribution in [2.75, 3.05) is 5.32 Å². The third-order valence-electron chi connectivity index (χ3n) is 2.30. The van der Waals surface area contributed by atoms with Gasteiger partial charge in [0.15, 0.2) is 0 Å². The second-order valence-corrected chi connectivity index (χ2v) is 5.02. The van der Waals surface area contributed by atoms with Crippen molar-refractivity contribution in [2.24, 2.45) is 0 Å². The molecule has 0 spiro atoms. The number of carbonyl (C=O) groups excluding carboxylic acids is 1. The topological polar surface area (TPSA) is 64.0 Å². The summed E-state index contributed by atoms with van der Waals surface area (Å²) in [5.41, 5.74) is 0.312. The summed E-state index contributed by atoms with van der Waals surface area (Å²) in [5, 5.41) is 3.25. The first-order valence-electron chi connectivity index (χ1n) is 5.31. The average Bonchev–Trinajstić information content (AvgIpc) is 2.38. The highest BCUT2D eigenvalue weighted by Crippen LogP contribution is 2.13.